The van der Waals surface area contributed by atoms with E-state index in [9.17, 15) is 14.4 Å². The standard InChI is InChI=1S/C15H18O7/c1-5-20-15(18)14(22-10(3)17)11-6-7-12(21-9(2)16)13(8-11)19-4/h6-8,14H,5H2,1-4H3. The molecule has 7 heteroatoms. The van der Waals surface area contributed by atoms with Gasteiger partial charge in [-0.1, -0.05) is 6.07 Å². The molecule has 1 atom stereocenters. The normalized spacial score (nSPS) is 11.3. The van der Waals surface area contributed by atoms with E-state index < -0.39 is 24.0 Å². The number of benzene rings is 1. The predicted molar refractivity (Wildman–Crippen MR) is 75.4 cm³/mol. The lowest BCUT2D eigenvalue weighted by Crippen LogP contribution is -2.21. The highest BCUT2D eigenvalue weighted by atomic mass is 16.6. The molecule has 7 nitrogen and oxygen atoms in total. The van der Waals surface area contributed by atoms with Crippen LogP contribution in [0.25, 0.3) is 0 Å². The van der Waals surface area contributed by atoms with Gasteiger partial charge in [0.15, 0.2) is 11.5 Å². The molecule has 120 valence electrons. The lowest BCUT2D eigenvalue weighted by molar-refractivity contribution is -0.167. The number of esters is 3. The molecule has 0 radical (unpaired) electrons. The van der Waals surface area contributed by atoms with Gasteiger partial charge in [0.1, 0.15) is 0 Å². The molecule has 0 N–H and O–H groups in total. The van der Waals surface area contributed by atoms with Crippen molar-refractivity contribution in [3.63, 3.8) is 0 Å². The SMILES string of the molecule is CCOC(=O)C(OC(C)=O)c1ccc(OC(C)=O)c(OC)c1. The van der Waals surface area contributed by atoms with Gasteiger partial charge in [0.25, 0.3) is 0 Å². The van der Waals surface area contributed by atoms with Crippen LogP contribution in [0.5, 0.6) is 11.5 Å². The zero-order valence-corrected chi connectivity index (χ0v) is 12.9. The molecule has 1 aromatic carbocycles. The van der Waals surface area contributed by atoms with Crippen molar-refractivity contribution in [2.45, 2.75) is 26.9 Å². The first-order valence-electron chi connectivity index (χ1n) is 6.59. The minimum Gasteiger partial charge on any atom is -0.493 e. The van der Waals surface area contributed by atoms with Gasteiger partial charge >= 0.3 is 17.9 Å². The summed E-state index contributed by atoms with van der Waals surface area (Å²) in [6.07, 6.45) is -1.21. The number of hydrogen-bond acceptors (Lipinski definition) is 7. The van der Waals surface area contributed by atoms with Gasteiger partial charge in [-0.25, -0.2) is 4.79 Å². The minimum absolute atomic E-state index is 0.152. The van der Waals surface area contributed by atoms with Gasteiger partial charge in [-0.2, -0.15) is 0 Å². The van der Waals surface area contributed by atoms with Crippen LogP contribution < -0.4 is 9.47 Å². The molecule has 0 fully saturated rings. The Morgan fingerprint density at radius 3 is 2.27 bits per heavy atom. The van der Waals surface area contributed by atoms with Gasteiger partial charge in [-0.3, -0.25) is 9.59 Å². The zero-order chi connectivity index (χ0) is 16.7. The van der Waals surface area contributed by atoms with E-state index in [2.05, 4.69) is 0 Å². The molecule has 0 aliphatic carbocycles. The molecular weight excluding hydrogens is 292 g/mol. The lowest BCUT2D eigenvalue weighted by Gasteiger charge is -2.17. The Balaban J connectivity index is 3.16. The molecule has 0 amide bonds. The maximum Gasteiger partial charge on any atom is 0.352 e. The third-order valence-corrected chi connectivity index (χ3v) is 2.53. The molecule has 0 aromatic heterocycles. The Kier molecular flexibility index (Phi) is 6.37. The van der Waals surface area contributed by atoms with Crippen LogP contribution in [0.3, 0.4) is 0 Å². The second-order valence-electron chi connectivity index (χ2n) is 4.25. The molecule has 0 aliphatic heterocycles. The molecule has 0 aliphatic rings. The summed E-state index contributed by atoms with van der Waals surface area (Å²) < 4.78 is 20.0. The summed E-state index contributed by atoms with van der Waals surface area (Å²) in [6.45, 7) is 4.25. The number of methoxy groups -OCH3 is 1. The fourth-order valence-electron chi connectivity index (χ4n) is 1.72. The van der Waals surface area contributed by atoms with Crippen LogP contribution in [-0.2, 0) is 23.9 Å². The first kappa shape index (κ1) is 17.5. The highest BCUT2D eigenvalue weighted by Gasteiger charge is 2.26. The van der Waals surface area contributed by atoms with E-state index in [1.165, 1.54) is 39.2 Å². The second kappa shape index (κ2) is 8.02. The maximum atomic E-state index is 11.9. The van der Waals surface area contributed by atoms with Gasteiger partial charge in [0.05, 0.1) is 13.7 Å². The molecule has 0 heterocycles. The molecule has 1 aromatic rings. The van der Waals surface area contributed by atoms with Crippen molar-refractivity contribution in [2.24, 2.45) is 0 Å². The van der Waals surface area contributed by atoms with Crippen molar-refractivity contribution in [3.05, 3.63) is 23.8 Å². The Labute approximate surface area is 128 Å². The Morgan fingerprint density at radius 2 is 1.77 bits per heavy atom. The smallest absolute Gasteiger partial charge is 0.352 e. The number of carbonyl (C=O) groups is 3. The summed E-state index contributed by atoms with van der Waals surface area (Å²) in [7, 11) is 1.39. The second-order valence-corrected chi connectivity index (χ2v) is 4.25. The van der Waals surface area contributed by atoms with Crippen molar-refractivity contribution >= 4 is 17.9 Å². The fourth-order valence-corrected chi connectivity index (χ4v) is 1.72. The Hall–Kier alpha value is -2.57. The Morgan fingerprint density at radius 1 is 1.09 bits per heavy atom. The number of carbonyl (C=O) groups excluding carboxylic acids is 3. The molecule has 0 bridgehead atoms. The van der Waals surface area contributed by atoms with Gasteiger partial charge in [0, 0.05) is 19.4 Å². The highest BCUT2D eigenvalue weighted by Crippen LogP contribution is 2.32. The van der Waals surface area contributed by atoms with Crippen LogP contribution in [0.4, 0.5) is 0 Å². The first-order valence-corrected chi connectivity index (χ1v) is 6.59. The zero-order valence-electron chi connectivity index (χ0n) is 12.9. The fraction of sp³-hybridized carbons (Fsp3) is 0.400. The average Bonchev–Trinajstić information content (AvgIpc) is 2.44. The topological polar surface area (TPSA) is 88.1 Å². The summed E-state index contributed by atoms with van der Waals surface area (Å²) in [5, 5.41) is 0. The molecule has 1 unspecified atom stereocenters. The van der Waals surface area contributed by atoms with Crippen LogP contribution in [0.2, 0.25) is 0 Å². The Bertz CT molecular complexity index is 565. The molecule has 0 saturated heterocycles. The summed E-state index contributed by atoms with van der Waals surface area (Å²) in [5.74, 6) is -1.40. The summed E-state index contributed by atoms with van der Waals surface area (Å²) >= 11 is 0. The van der Waals surface area contributed by atoms with Crippen LogP contribution in [-0.4, -0.2) is 31.6 Å². The summed E-state index contributed by atoms with van der Waals surface area (Å²) in [4.78, 5) is 34.1. The van der Waals surface area contributed by atoms with Crippen LogP contribution in [0.1, 0.15) is 32.4 Å². The van der Waals surface area contributed by atoms with Crippen molar-refractivity contribution in [2.75, 3.05) is 13.7 Å². The quantitative estimate of drug-likeness (QED) is 0.584. The van der Waals surface area contributed by atoms with E-state index in [0.717, 1.165) is 0 Å². The molecule has 0 saturated carbocycles. The van der Waals surface area contributed by atoms with E-state index in [-0.39, 0.29) is 18.1 Å². The summed E-state index contributed by atoms with van der Waals surface area (Å²) in [6, 6.07) is 4.39. The van der Waals surface area contributed by atoms with Crippen molar-refractivity contribution in [1.29, 1.82) is 0 Å². The molecule has 22 heavy (non-hydrogen) atoms. The van der Waals surface area contributed by atoms with Gasteiger partial charge in [-0.15, -0.1) is 0 Å². The molecule has 1 rings (SSSR count). The van der Waals surface area contributed by atoms with Crippen LogP contribution in [0, 0.1) is 0 Å². The van der Waals surface area contributed by atoms with E-state index in [0.29, 0.717) is 5.56 Å². The third-order valence-electron chi connectivity index (χ3n) is 2.53. The third kappa shape index (κ3) is 4.76. The lowest BCUT2D eigenvalue weighted by atomic mass is 10.1. The van der Waals surface area contributed by atoms with Gasteiger partial charge in [-0.05, 0) is 19.1 Å². The largest absolute Gasteiger partial charge is 0.493 e. The van der Waals surface area contributed by atoms with E-state index in [1.807, 2.05) is 0 Å². The maximum absolute atomic E-state index is 11.9. The average molecular weight is 310 g/mol. The minimum atomic E-state index is -1.21. The van der Waals surface area contributed by atoms with Crippen LogP contribution in [0.15, 0.2) is 18.2 Å². The van der Waals surface area contributed by atoms with E-state index >= 15 is 0 Å². The number of ether oxygens (including phenoxy) is 4. The van der Waals surface area contributed by atoms with E-state index in [4.69, 9.17) is 18.9 Å². The van der Waals surface area contributed by atoms with Gasteiger partial charge < -0.3 is 18.9 Å². The number of rotatable bonds is 6. The first-order chi connectivity index (χ1) is 10.4. The van der Waals surface area contributed by atoms with Gasteiger partial charge in [0.2, 0.25) is 6.10 Å². The van der Waals surface area contributed by atoms with Crippen molar-refractivity contribution in [3.8, 4) is 11.5 Å². The number of hydrogen-bond donors (Lipinski definition) is 0. The van der Waals surface area contributed by atoms with E-state index in [1.54, 1.807) is 6.92 Å². The van der Waals surface area contributed by atoms with Crippen molar-refractivity contribution in [1.82, 2.24) is 0 Å². The molecule has 0 spiro atoms. The summed E-state index contributed by atoms with van der Waals surface area (Å²) in [5.41, 5.74) is 0.349. The van der Waals surface area contributed by atoms with Crippen LogP contribution >= 0.6 is 0 Å². The predicted octanol–water partition coefficient (Wildman–Crippen LogP) is 1.79. The van der Waals surface area contributed by atoms with Crippen molar-refractivity contribution < 1.29 is 33.3 Å². The highest BCUT2D eigenvalue weighted by molar-refractivity contribution is 5.80. The molecular formula is C15H18O7. The monoisotopic (exact) mass is 310 g/mol.